The van der Waals surface area contributed by atoms with Gasteiger partial charge in [0.15, 0.2) is 5.11 Å². The van der Waals surface area contributed by atoms with E-state index >= 15 is 0 Å². The number of nitrogens with one attached hydrogen (secondary N) is 1. The first kappa shape index (κ1) is 16.2. The molecule has 1 saturated heterocycles. The molecule has 0 radical (unpaired) electrons. The number of hydrogen-bond acceptors (Lipinski definition) is 3. The fraction of sp³-hybridized carbons (Fsp3) is 0.158. The molecule has 24 heavy (non-hydrogen) atoms. The average molecular weight is 338 g/mol. The summed E-state index contributed by atoms with van der Waals surface area (Å²) >= 11 is 5.34. The molecule has 2 aromatic carbocycles. The Morgan fingerprint density at radius 1 is 1.08 bits per heavy atom. The van der Waals surface area contributed by atoms with E-state index in [1.165, 1.54) is 10.5 Å². The quantitative estimate of drug-likeness (QED) is 0.686. The van der Waals surface area contributed by atoms with Crippen molar-refractivity contribution in [3.8, 4) is 5.75 Å². The van der Waals surface area contributed by atoms with Crippen LogP contribution in [0.25, 0.3) is 6.08 Å². The molecule has 1 aliphatic rings. The molecule has 1 fully saturated rings. The minimum atomic E-state index is -0.154. The number of benzene rings is 2. The Bertz CT molecular complexity index is 841. The molecule has 5 heteroatoms. The number of hydrogen-bond donors (Lipinski definition) is 1. The summed E-state index contributed by atoms with van der Waals surface area (Å²) in [6.45, 7) is 4.06. The van der Waals surface area contributed by atoms with E-state index in [9.17, 15) is 4.79 Å². The predicted molar refractivity (Wildman–Crippen MR) is 100 cm³/mol. The zero-order valence-corrected chi connectivity index (χ0v) is 14.6. The maximum atomic E-state index is 12.7. The molecule has 0 atom stereocenters. The number of anilines is 1. The largest absolute Gasteiger partial charge is 0.497 e. The van der Waals surface area contributed by atoms with E-state index in [2.05, 4.69) is 5.32 Å². The molecule has 0 aliphatic carbocycles. The third kappa shape index (κ3) is 3.03. The second-order valence-electron chi connectivity index (χ2n) is 5.67. The molecule has 0 unspecified atom stereocenters. The van der Waals surface area contributed by atoms with Gasteiger partial charge in [-0.2, -0.15) is 0 Å². The van der Waals surface area contributed by atoms with Crippen LogP contribution in [0.2, 0.25) is 0 Å². The number of nitrogens with zero attached hydrogens (tertiary/aromatic N) is 1. The SMILES string of the molecule is COc1ccc(C=C2NC(=S)N(c3ccc(C)c(C)c3)C2=O)cc1. The highest BCUT2D eigenvalue weighted by atomic mass is 32.1. The van der Waals surface area contributed by atoms with Gasteiger partial charge in [-0.05, 0) is 73.1 Å². The number of ether oxygens (including phenoxy) is 1. The molecule has 0 saturated carbocycles. The van der Waals surface area contributed by atoms with Crippen molar-refractivity contribution in [3.05, 3.63) is 64.9 Å². The van der Waals surface area contributed by atoms with Crippen LogP contribution in [0.15, 0.2) is 48.2 Å². The summed E-state index contributed by atoms with van der Waals surface area (Å²) in [7, 11) is 1.62. The van der Waals surface area contributed by atoms with Crippen molar-refractivity contribution in [2.75, 3.05) is 12.0 Å². The van der Waals surface area contributed by atoms with Gasteiger partial charge in [-0.1, -0.05) is 18.2 Å². The Labute approximate surface area is 146 Å². The van der Waals surface area contributed by atoms with Crippen molar-refractivity contribution >= 4 is 35.0 Å². The van der Waals surface area contributed by atoms with Crippen LogP contribution in [0.5, 0.6) is 5.75 Å². The van der Waals surface area contributed by atoms with Gasteiger partial charge in [0.05, 0.1) is 12.8 Å². The third-order valence-corrected chi connectivity index (χ3v) is 4.34. The van der Waals surface area contributed by atoms with Gasteiger partial charge in [-0.3, -0.25) is 9.69 Å². The topological polar surface area (TPSA) is 41.6 Å². The Hall–Kier alpha value is -2.66. The van der Waals surface area contributed by atoms with Crippen LogP contribution in [-0.4, -0.2) is 18.1 Å². The van der Waals surface area contributed by atoms with Crippen molar-refractivity contribution in [1.29, 1.82) is 0 Å². The highest BCUT2D eigenvalue weighted by Crippen LogP contribution is 2.25. The van der Waals surface area contributed by atoms with Crippen LogP contribution < -0.4 is 15.0 Å². The number of carbonyl (C=O) groups is 1. The van der Waals surface area contributed by atoms with Gasteiger partial charge in [0, 0.05) is 0 Å². The second-order valence-corrected chi connectivity index (χ2v) is 6.06. The average Bonchev–Trinajstić information content (AvgIpc) is 2.85. The molecular weight excluding hydrogens is 320 g/mol. The smallest absolute Gasteiger partial charge is 0.281 e. The fourth-order valence-corrected chi connectivity index (χ4v) is 2.80. The number of carbonyl (C=O) groups excluding carboxylic acids is 1. The summed E-state index contributed by atoms with van der Waals surface area (Å²) in [6.07, 6.45) is 1.79. The van der Waals surface area contributed by atoms with E-state index in [1.807, 2.05) is 56.3 Å². The molecule has 1 aliphatic heterocycles. The van der Waals surface area contributed by atoms with Gasteiger partial charge in [-0.25, -0.2) is 0 Å². The lowest BCUT2D eigenvalue weighted by Gasteiger charge is -2.15. The molecule has 1 N–H and O–H groups in total. The first-order valence-electron chi connectivity index (χ1n) is 7.58. The van der Waals surface area contributed by atoms with E-state index in [0.717, 1.165) is 22.6 Å². The van der Waals surface area contributed by atoms with Gasteiger partial charge >= 0.3 is 0 Å². The van der Waals surface area contributed by atoms with Crippen LogP contribution in [0.3, 0.4) is 0 Å². The highest BCUT2D eigenvalue weighted by molar-refractivity contribution is 7.80. The molecule has 3 rings (SSSR count). The lowest BCUT2D eigenvalue weighted by Crippen LogP contribution is -2.30. The van der Waals surface area contributed by atoms with Gasteiger partial charge in [0.2, 0.25) is 0 Å². The Morgan fingerprint density at radius 2 is 1.79 bits per heavy atom. The van der Waals surface area contributed by atoms with Crippen LogP contribution in [0, 0.1) is 13.8 Å². The zero-order valence-electron chi connectivity index (χ0n) is 13.8. The summed E-state index contributed by atoms with van der Waals surface area (Å²) < 4.78 is 5.14. The number of amides is 1. The number of thiocarbonyl (C=S) groups is 1. The molecule has 1 amide bonds. The van der Waals surface area contributed by atoms with Crippen molar-refractivity contribution in [2.24, 2.45) is 0 Å². The molecule has 0 bridgehead atoms. The minimum Gasteiger partial charge on any atom is -0.497 e. The summed E-state index contributed by atoms with van der Waals surface area (Å²) in [5.74, 6) is 0.620. The van der Waals surface area contributed by atoms with E-state index in [-0.39, 0.29) is 5.91 Å². The molecule has 0 aromatic heterocycles. The summed E-state index contributed by atoms with van der Waals surface area (Å²) in [5.41, 5.74) is 4.44. The highest BCUT2D eigenvalue weighted by Gasteiger charge is 2.32. The predicted octanol–water partition coefficient (Wildman–Crippen LogP) is 3.57. The van der Waals surface area contributed by atoms with Crippen LogP contribution in [-0.2, 0) is 4.79 Å². The molecular formula is C19H18N2O2S. The van der Waals surface area contributed by atoms with Crippen molar-refractivity contribution in [3.63, 3.8) is 0 Å². The summed E-state index contributed by atoms with van der Waals surface area (Å²) in [4.78, 5) is 14.2. The molecule has 0 spiro atoms. The lowest BCUT2D eigenvalue weighted by atomic mass is 10.1. The zero-order chi connectivity index (χ0) is 17.3. The van der Waals surface area contributed by atoms with E-state index < -0.39 is 0 Å². The molecule has 2 aromatic rings. The van der Waals surface area contributed by atoms with Gasteiger partial charge in [0.1, 0.15) is 11.4 Å². The number of aryl methyl sites for hydroxylation is 2. The molecule has 122 valence electrons. The van der Waals surface area contributed by atoms with Crippen LogP contribution in [0.1, 0.15) is 16.7 Å². The van der Waals surface area contributed by atoms with Crippen molar-refractivity contribution in [1.82, 2.24) is 5.32 Å². The van der Waals surface area contributed by atoms with Crippen molar-refractivity contribution in [2.45, 2.75) is 13.8 Å². The van der Waals surface area contributed by atoms with Crippen LogP contribution >= 0.6 is 12.2 Å². The van der Waals surface area contributed by atoms with Gasteiger partial charge in [-0.15, -0.1) is 0 Å². The van der Waals surface area contributed by atoms with Gasteiger partial charge in [0.25, 0.3) is 5.91 Å². The Balaban J connectivity index is 1.90. The first-order valence-corrected chi connectivity index (χ1v) is 7.99. The Kier molecular flexibility index (Phi) is 4.36. The summed E-state index contributed by atoms with van der Waals surface area (Å²) in [6, 6.07) is 13.4. The Morgan fingerprint density at radius 3 is 2.42 bits per heavy atom. The van der Waals surface area contributed by atoms with E-state index in [1.54, 1.807) is 13.2 Å². The molecule has 1 heterocycles. The lowest BCUT2D eigenvalue weighted by molar-refractivity contribution is -0.113. The van der Waals surface area contributed by atoms with Gasteiger partial charge < -0.3 is 10.1 Å². The number of methoxy groups -OCH3 is 1. The maximum absolute atomic E-state index is 12.7. The molecule has 4 nitrogen and oxygen atoms in total. The summed E-state index contributed by atoms with van der Waals surface area (Å²) in [5, 5.41) is 3.39. The van der Waals surface area contributed by atoms with E-state index in [0.29, 0.717) is 10.8 Å². The first-order chi connectivity index (χ1) is 11.5. The second kappa shape index (κ2) is 6.45. The van der Waals surface area contributed by atoms with Crippen LogP contribution in [0.4, 0.5) is 5.69 Å². The normalized spacial score (nSPS) is 15.8. The minimum absolute atomic E-state index is 0.154. The van der Waals surface area contributed by atoms with E-state index in [4.69, 9.17) is 17.0 Å². The third-order valence-electron chi connectivity index (χ3n) is 4.05. The monoisotopic (exact) mass is 338 g/mol. The van der Waals surface area contributed by atoms with Crippen molar-refractivity contribution < 1.29 is 9.53 Å². The fourth-order valence-electron chi connectivity index (χ4n) is 2.50. The standard InChI is InChI=1S/C19H18N2O2S/c1-12-4-7-15(10-13(12)2)21-18(22)17(20-19(21)24)11-14-5-8-16(23-3)9-6-14/h4-11H,1-3H3,(H,20,24). The maximum Gasteiger partial charge on any atom is 0.281 e. The number of rotatable bonds is 3.